The van der Waals surface area contributed by atoms with Gasteiger partial charge in [0.15, 0.2) is 0 Å². The van der Waals surface area contributed by atoms with Crippen molar-refractivity contribution >= 4 is 5.97 Å². The second-order valence-corrected chi connectivity index (χ2v) is 8.06. The minimum absolute atomic E-state index is 0.147. The van der Waals surface area contributed by atoms with Crippen molar-refractivity contribution in [1.82, 2.24) is 0 Å². The Hall–Kier alpha value is -0.790. The zero-order chi connectivity index (χ0) is 14.5. The maximum atomic E-state index is 11.9. The topological polar surface area (TPSA) is 37.3 Å². The molecule has 3 rings (SSSR count). The van der Waals surface area contributed by atoms with Crippen molar-refractivity contribution in [2.45, 2.75) is 65.7 Å². The Labute approximate surface area is 122 Å². The van der Waals surface area contributed by atoms with Gasteiger partial charge in [-0.25, -0.2) is 0 Å². The van der Waals surface area contributed by atoms with Gasteiger partial charge < -0.3 is 5.11 Å². The highest BCUT2D eigenvalue weighted by atomic mass is 16.4. The van der Waals surface area contributed by atoms with Crippen molar-refractivity contribution < 1.29 is 9.90 Å². The second kappa shape index (κ2) is 4.61. The third-order valence-corrected chi connectivity index (χ3v) is 6.75. The van der Waals surface area contributed by atoms with Crippen LogP contribution in [0.2, 0.25) is 0 Å². The smallest absolute Gasteiger partial charge is 0.309 e. The summed E-state index contributed by atoms with van der Waals surface area (Å²) in [5.41, 5.74) is 1.26. The van der Waals surface area contributed by atoms with Crippen molar-refractivity contribution in [3.63, 3.8) is 0 Å². The number of hydrogen-bond acceptors (Lipinski definition) is 1. The van der Waals surface area contributed by atoms with E-state index >= 15 is 0 Å². The Kier molecular flexibility index (Phi) is 3.26. The lowest BCUT2D eigenvalue weighted by Gasteiger charge is -2.57. The van der Waals surface area contributed by atoms with Crippen molar-refractivity contribution in [1.29, 1.82) is 0 Å². The Morgan fingerprint density at radius 2 is 2.05 bits per heavy atom. The van der Waals surface area contributed by atoms with Gasteiger partial charge in [-0.15, -0.1) is 0 Å². The third-order valence-electron chi connectivity index (χ3n) is 6.75. The maximum absolute atomic E-state index is 11.9. The molecule has 0 saturated heterocycles. The molecule has 1 N–H and O–H groups in total. The van der Waals surface area contributed by atoms with E-state index in [2.05, 4.69) is 19.9 Å². The molecule has 0 aliphatic heterocycles. The van der Waals surface area contributed by atoms with E-state index in [-0.39, 0.29) is 5.41 Å². The van der Waals surface area contributed by atoms with Crippen LogP contribution in [0.1, 0.15) is 65.7 Å². The van der Waals surface area contributed by atoms with Gasteiger partial charge in [-0.1, -0.05) is 31.9 Å². The highest BCUT2D eigenvalue weighted by Crippen LogP contribution is 2.62. The molecule has 1 unspecified atom stereocenters. The van der Waals surface area contributed by atoms with Crippen molar-refractivity contribution in [3.8, 4) is 0 Å². The fourth-order valence-corrected chi connectivity index (χ4v) is 5.66. The predicted octanol–water partition coefficient (Wildman–Crippen LogP) is 4.65. The number of rotatable bonds is 1. The highest BCUT2D eigenvalue weighted by Gasteiger charge is 2.57. The van der Waals surface area contributed by atoms with Crippen molar-refractivity contribution in [3.05, 3.63) is 11.6 Å². The SMILES string of the molecule is CC1CC=C2[C@@H](CC[C@@H]3[C@](C)(C(=O)O)CCC[C@@]23C)C1. The summed E-state index contributed by atoms with van der Waals surface area (Å²) in [6.07, 6.45) is 10.4. The molecule has 0 radical (unpaired) electrons. The van der Waals surface area contributed by atoms with Crippen molar-refractivity contribution in [2.24, 2.45) is 28.6 Å². The standard InChI is InChI=1S/C18H28O2/c1-12-5-7-14-13(11-12)6-8-15-17(14,2)9-4-10-18(15,3)16(19)20/h7,12-13,15H,4-6,8-11H2,1-3H3,(H,19,20)/t12?,13-,15-,17-,18+/m0/s1. The molecule has 2 fully saturated rings. The van der Waals surface area contributed by atoms with Crippen LogP contribution in [-0.2, 0) is 4.79 Å². The fraction of sp³-hybridized carbons (Fsp3) is 0.833. The van der Waals surface area contributed by atoms with Gasteiger partial charge >= 0.3 is 5.97 Å². The first-order chi connectivity index (χ1) is 9.38. The van der Waals surface area contributed by atoms with Gasteiger partial charge in [0, 0.05) is 0 Å². The molecule has 2 nitrogen and oxygen atoms in total. The number of carboxylic acid groups (broad SMARTS) is 1. The minimum atomic E-state index is -0.573. The fourth-order valence-electron chi connectivity index (χ4n) is 5.66. The first-order valence-electron chi connectivity index (χ1n) is 8.32. The summed E-state index contributed by atoms with van der Waals surface area (Å²) in [6.45, 7) is 6.72. The first kappa shape index (κ1) is 14.2. The van der Waals surface area contributed by atoms with Gasteiger partial charge in [-0.3, -0.25) is 4.79 Å². The van der Waals surface area contributed by atoms with E-state index in [9.17, 15) is 9.90 Å². The third kappa shape index (κ3) is 1.87. The lowest BCUT2D eigenvalue weighted by atomic mass is 9.47. The summed E-state index contributed by atoms with van der Waals surface area (Å²) in [5.74, 6) is 1.29. The van der Waals surface area contributed by atoms with Crippen molar-refractivity contribution in [2.75, 3.05) is 0 Å². The lowest BCUT2D eigenvalue weighted by Crippen LogP contribution is -2.52. The number of carboxylic acids is 1. The molecular formula is C18H28O2. The van der Waals surface area contributed by atoms with E-state index in [1.54, 1.807) is 5.57 Å². The molecule has 112 valence electrons. The zero-order valence-electron chi connectivity index (χ0n) is 13.1. The molecule has 0 amide bonds. The Morgan fingerprint density at radius 1 is 1.30 bits per heavy atom. The predicted molar refractivity (Wildman–Crippen MR) is 80.4 cm³/mol. The molecule has 0 aromatic heterocycles. The Bertz CT molecular complexity index is 452. The average Bonchev–Trinajstić information content (AvgIpc) is 2.37. The van der Waals surface area contributed by atoms with Gasteiger partial charge in [0.2, 0.25) is 0 Å². The monoisotopic (exact) mass is 276 g/mol. The Balaban J connectivity index is 2.00. The van der Waals surface area contributed by atoms with Crippen LogP contribution < -0.4 is 0 Å². The summed E-state index contributed by atoms with van der Waals surface area (Å²) in [4.78, 5) is 11.9. The summed E-state index contributed by atoms with van der Waals surface area (Å²) >= 11 is 0. The van der Waals surface area contributed by atoms with Crippen LogP contribution in [-0.4, -0.2) is 11.1 Å². The largest absolute Gasteiger partial charge is 0.481 e. The summed E-state index contributed by atoms with van der Waals surface area (Å²) in [5, 5.41) is 9.77. The van der Waals surface area contributed by atoms with E-state index in [4.69, 9.17) is 0 Å². The van der Waals surface area contributed by atoms with Crippen LogP contribution in [0.5, 0.6) is 0 Å². The molecule has 5 atom stereocenters. The first-order valence-corrected chi connectivity index (χ1v) is 8.32. The quantitative estimate of drug-likeness (QED) is 0.708. The van der Waals surface area contributed by atoms with Gasteiger partial charge in [0.1, 0.15) is 0 Å². The number of allylic oxidation sites excluding steroid dienone is 2. The van der Waals surface area contributed by atoms with E-state index in [0.29, 0.717) is 5.92 Å². The van der Waals surface area contributed by atoms with Crippen LogP contribution in [0.3, 0.4) is 0 Å². The Morgan fingerprint density at radius 3 is 2.75 bits per heavy atom. The minimum Gasteiger partial charge on any atom is -0.481 e. The average molecular weight is 276 g/mol. The normalized spacial score (nSPS) is 48.0. The molecule has 0 spiro atoms. The zero-order valence-corrected chi connectivity index (χ0v) is 13.1. The van der Waals surface area contributed by atoms with Gasteiger partial charge in [-0.2, -0.15) is 0 Å². The van der Waals surface area contributed by atoms with E-state index in [1.165, 1.54) is 25.7 Å². The molecule has 3 aliphatic carbocycles. The molecular weight excluding hydrogens is 248 g/mol. The van der Waals surface area contributed by atoms with Crippen LogP contribution in [0.15, 0.2) is 11.6 Å². The highest BCUT2D eigenvalue weighted by molar-refractivity contribution is 5.75. The lowest BCUT2D eigenvalue weighted by molar-refractivity contribution is -0.160. The molecule has 2 saturated carbocycles. The van der Waals surface area contributed by atoms with Gasteiger partial charge in [0.05, 0.1) is 5.41 Å². The number of hydrogen-bond donors (Lipinski definition) is 1. The van der Waals surface area contributed by atoms with Crippen LogP contribution >= 0.6 is 0 Å². The van der Waals surface area contributed by atoms with E-state index < -0.39 is 11.4 Å². The summed E-state index contributed by atoms with van der Waals surface area (Å²) in [6, 6.07) is 0. The van der Waals surface area contributed by atoms with Crippen LogP contribution in [0.25, 0.3) is 0 Å². The van der Waals surface area contributed by atoms with Gasteiger partial charge in [-0.05, 0) is 68.6 Å². The molecule has 0 heterocycles. The molecule has 0 aromatic rings. The van der Waals surface area contributed by atoms with E-state index in [0.717, 1.165) is 31.1 Å². The summed E-state index contributed by atoms with van der Waals surface area (Å²) in [7, 11) is 0. The van der Waals surface area contributed by atoms with Gasteiger partial charge in [0.25, 0.3) is 0 Å². The molecule has 2 heteroatoms. The maximum Gasteiger partial charge on any atom is 0.309 e. The van der Waals surface area contributed by atoms with Crippen LogP contribution in [0.4, 0.5) is 0 Å². The van der Waals surface area contributed by atoms with Crippen LogP contribution in [0, 0.1) is 28.6 Å². The number of aliphatic carboxylic acids is 1. The number of fused-ring (bicyclic) bond motifs is 3. The molecule has 20 heavy (non-hydrogen) atoms. The molecule has 0 aromatic carbocycles. The molecule has 3 aliphatic rings. The molecule has 0 bridgehead atoms. The number of carbonyl (C=O) groups is 1. The summed E-state index contributed by atoms with van der Waals surface area (Å²) < 4.78 is 0. The van der Waals surface area contributed by atoms with E-state index in [1.807, 2.05) is 6.92 Å². The second-order valence-electron chi connectivity index (χ2n) is 8.06.